The summed E-state index contributed by atoms with van der Waals surface area (Å²) in [5, 5.41) is 0. The average molecular weight is 493 g/mol. The summed E-state index contributed by atoms with van der Waals surface area (Å²) in [5.41, 5.74) is 0. The van der Waals surface area contributed by atoms with Crippen LogP contribution in [0.15, 0.2) is 24.3 Å². The number of rotatable bonds is 4. The standard InChI is InChI=1S/C26H28N4O6/c31-17(11-29-23(33)19-13-1-2-14(9-13)20(19)24(29)34)27-5-7-28(8-6-27)18(32)12-30-25(35)21-15-3-4-16(10-15)22(21)26(30)36/h1-4,13-16,19-22H,5-12H2/t13-,14-,15-,16-,19-,20+,21+,22+/m0/s1. The lowest BCUT2D eigenvalue weighted by molar-refractivity contribution is -0.150. The minimum absolute atomic E-state index is 0.103. The molecule has 7 rings (SSSR count). The number of allylic oxidation sites excluding steroid dienone is 4. The smallest absolute Gasteiger partial charge is 0.242 e. The number of piperazine rings is 1. The van der Waals surface area contributed by atoms with E-state index >= 15 is 0 Å². The molecule has 0 aromatic rings. The Bertz CT molecular complexity index is 1020. The van der Waals surface area contributed by atoms with Crippen molar-refractivity contribution < 1.29 is 28.8 Å². The van der Waals surface area contributed by atoms with Crippen LogP contribution in [0.3, 0.4) is 0 Å². The van der Waals surface area contributed by atoms with Crippen LogP contribution >= 0.6 is 0 Å². The van der Waals surface area contributed by atoms with Crippen molar-refractivity contribution >= 4 is 35.4 Å². The zero-order valence-electron chi connectivity index (χ0n) is 19.8. The molecule has 4 bridgehead atoms. The zero-order chi connectivity index (χ0) is 24.9. The van der Waals surface area contributed by atoms with Gasteiger partial charge in [0.05, 0.1) is 23.7 Å². The van der Waals surface area contributed by atoms with Crippen LogP contribution in [0.25, 0.3) is 0 Å². The molecule has 0 radical (unpaired) electrons. The topological polar surface area (TPSA) is 115 Å². The predicted molar refractivity (Wildman–Crippen MR) is 122 cm³/mol. The number of amides is 6. The fraction of sp³-hybridized carbons (Fsp3) is 0.615. The number of carbonyl (C=O) groups excluding carboxylic acids is 6. The molecule has 3 heterocycles. The summed E-state index contributed by atoms with van der Waals surface area (Å²) in [6.07, 6.45) is 9.78. The molecule has 0 N–H and O–H groups in total. The molecule has 6 amide bonds. The number of imide groups is 2. The van der Waals surface area contributed by atoms with Crippen molar-refractivity contribution in [3.05, 3.63) is 24.3 Å². The van der Waals surface area contributed by atoms with E-state index in [1.54, 1.807) is 9.80 Å². The molecule has 0 unspecified atom stereocenters. The maximum atomic E-state index is 12.9. The normalized spacial score (nSPS) is 39.8. The maximum Gasteiger partial charge on any atom is 0.242 e. The molecule has 4 aliphatic carbocycles. The molecule has 2 saturated carbocycles. The van der Waals surface area contributed by atoms with Gasteiger partial charge in [-0.1, -0.05) is 24.3 Å². The van der Waals surface area contributed by atoms with Gasteiger partial charge in [-0.05, 0) is 36.5 Å². The van der Waals surface area contributed by atoms with Gasteiger partial charge in [0.2, 0.25) is 35.4 Å². The summed E-state index contributed by atoms with van der Waals surface area (Å²) in [4.78, 5) is 82.7. The van der Waals surface area contributed by atoms with E-state index in [1.807, 2.05) is 24.3 Å². The van der Waals surface area contributed by atoms with Crippen LogP contribution in [0, 0.1) is 47.3 Å². The summed E-state index contributed by atoms with van der Waals surface area (Å²) < 4.78 is 0. The first-order valence-corrected chi connectivity index (χ1v) is 13.0. The van der Waals surface area contributed by atoms with Crippen molar-refractivity contribution in [1.29, 1.82) is 0 Å². The molecule has 8 atom stereocenters. The number of carbonyl (C=O) groups is 6. The predicted octanol–water partition coefficient (Wildman–Crippen LogP) is -0.729. The van der Waals surface area contributed by atoms with E-state index in [2.05, 4.69) is 0 Å². The molecule has 10 nitrogen and oxygen atoms in total. The highest BCUT2D eigenvalue weighted by atomic mass is 16.2. The van der Waals surface area contributed by atoms with E-state index in [0.29, 0.717) is 0 Å². The first-order chi connectivity index (χ1) is 17.3. The van der Waals surface area contributed by atoms with Gasteiger partial charge < -0.3 is 9.80 Å². The summed E-state index contributed by atoms with van der Waals surface area (Å²) in [7, 11) is 0. The third-order valence-electron chi connectivity index (χ3n) is 9.70. The second-order valence-electron chi connectivity index (χ2n) is 11.3. The second-order valence-corrected chi connectivity index (χ2v) is 11.3. The number of likely N-dealkylation sites (tertiary alicyclic amines) is 2. The van der Waals surface area contributed by atoms with Gasteiger partial charge in [0.25, 0.3) is 0 Å². The van der Waals surface area contributed by atoms with E-state index in [4.69, 9.17) is 0 Å². The van der Waals surface area contributed by atoms with Gasteiger partial charge in [-0.2, -0.15) is 0 Å². The number of hydrogen-bond acceptors (Lipinski definition) is 6. The quantitative estimate of drug-likeness (QED) is 0.378. The van der Waals surface area contributed by atoms with E-state index in [-0.39, 0.29) is 122 Å². The van der Waals surface area contributed by atoms with Crippen molar-refractivity contribution in [2.75, 3.05) is 39.3 Å². The van der Waals surface area contributed by atoms with Gasteiger partial charge in [-0.25, -0.2) is 0 Å². The molecule has 10 heteroatoms. The largest absolute Gasteiger partial charge is 0.338 e. The molecular formula is C26H28N4O6. The van der Waals surface area contributed by atoms with Crippen LogP contribution in [0.1, 0.15) is 12.8 Å². The molecular weight excluding hydrogens is 464 g/mol. The van der Waals surface area contributed by atoms with E-state index in [0.717, 1.165) is 22.6 Å². The second kappa shape index (κ2) is 7.60. The van der Waals surface area contributed by atoms with Gasteiger partial charge in [-0.15, -0.1) is 0 Å². The van der Waals surface area contributed by atoms with Gasteiger partial charge in [0.1, 0.15) is 13.1 Å². The lowest BCUT2D eigenvalue weighted by Gasteiger charge is -2.36. The molecule has 3 aliphatic heterocycles. The molecule has 188 valence electrons. The Balaban J connectivity index is 0.931. The van der Waals surface area contributed by atoms with Crippen molar-refractivity contribution in [2.45, 2.75) is 12.8 Å². The van der Waals surface area contributed by atoms with E-state index < -0.39 is 0 Å². The van der Waals surface area contributed by atoms with Crippen LogP contribution in [0.5, 0.6) is 0 Å². The average Bonchev–Trinajstić information content (AvgIpc) is 3.72. The third kappa shape index (κ3) is 2.90. The van der Waals surface area contributed by atoms with Crippen molar-refractivity contribution in [1.82, 2.24) is 19.6 Å². The maximum absolute atomic E-state index is 12.9. The van der Waals surface area contributed by atoms with Crippen LogP contribution < -0.4 is 0 Å². The molecule has 3 saturated heterocycles. The number of nitrogens with zero attached hydrogens (tertiary/aromatic N) is 4. The summed E-state index contributed by atoms with van der Waals surface area (Å²) in [6.45, 7) is 0.606. The van der Waals surface area contributed by atoms with Gasteiger partial charge in [0.15, 0.2) is 0 Å². The molecule has 7 aliphatic rings. The number of fused-ring (bicyclic) bond motifs is 10. The van der Waals surface area contributed by atoms with Crippen LogP contribution in [-0.4, -0.2) is 94.3 Å². The van der Waals surface area contributed by atoms with Crippen molar-refractivity contribution in [3.63, 3.8) is 0 Å². The molecule has 0 aromatic carbocycles. The Labute approximate surface area is 207 Å². The minimum atomic E-state index is -0.323. The Morgan fingerprint density at radius 1 is 0.556 bits per heavy atom. The summed E-state index contributed by atoms with van der Waals surface area (Å²) >= 11 is 0. The van der Waals surface area contributed by atoms with Crippen LogP contribution in [0.4, 0.5) is 0 Å². The lowest BCUT2D eigenvalue weighted by Crippen LogP contribution is -2.55. The Kier molecular flexibility index (Phi) is 4.63. The molecule has 5 fully saturated rings. The Hall–Kier alpha value is -3.30. The Morgan fingerprint density at radius 2 is 0.833 bits per heavy atom. The SMILES string of the molecule is O=C(CN1C(=O)[C@@H]2[C@H](C1=O)[C@H]1C=C[C@H]2C1)N1CCN(C(=O)CN2C(=O)[C@H]3[C@H](C2=O)[C@H]2C=C[C@H]3C2)CC1. The van der Waals surface area contributed by atoms with Crippen molar-refractivity contribution in [3.8, 4) is 0 Å². The Morgan fingerprint density at radius 3 is 1.11 bits per heavy atom. The van der Waals surface area contributed by atoms with Crippen LogP contribution in [-0.2, 0) is 28.8 Å². The monoisotopic (exact) mass is 492 g/mol. The molecule has 0 spiro atoms. The fourth-order valence-electron chi connectivity index (χ4n) is 7.92. The summed E-state index contributed by atoms with van der Waals surface area (Å²) in [5.74, 6) is -2.44. The van der Waals surface area contributed by atoms with Gasteiger partial charge in [0, 0.05) is 26.2 Å². The highest BCUT2D eigenvalue weighted by molar-refractivity contribution is 6.09. The van der Waals surface area contributed by atoms with Gasteiger partial charge >= 0.3 is 0 Å². The highest BCUT2D eigenvalue weighted by Crippen LogP contribution is 2.53. The molecule has 36 heavy (non-hydrogen) atoms. The zero-order valence-corrected chi connectivity index (χ0v) is 19.8. The first kappa shape index (κ1) is 21.9. The van der Waals surface area contributed by atoms with Crippen LogP contribution in [0.2, 0.25) is 0 Å². The van der Waals surface area contributed by atoms with E-state index in [9.17, 15) is 28.8 Å². The fourth-order valence-corrected chi connectivity index (χ4v) is 7.92. The number of hydrogen-bond donors (Lipinski definition) is 0. The molecule has 0 aromatic heterocycles. The van der Waals surface area contributed by atoms with Gasteiger partial charge in [-0.3, -0.25) is 38.6 Å². The minimum Gasteiger partial charge on any atom is -0.338 e. The summed E-state index contributed by atoms with van der Waals surface area (Å²) in [6, 6.07) is 0. The van der Waals surface area contributed by atoms with Crippen molar-refractivity contribution in [2.24, 2.45) is 47.3 Å². The lowest BCUT2D eigenvalue weighted by atomic mass is 9.85. The third-order valence-corrected chi connectivity index (χ3v) is 9.70. The first-order valence-electron chi connectivity index (χ1n) is 13.0. The van der Waals surface area contributed by atoms with E-state index in [1.165, 1.54) is 0 Å². The highest BCUT2D eigenvalue weighted by Gasteiger charge is 2.60.